The molecule has 0 aromatic carbocycles. The molecule has 0 heterocycles. The molecule has 266 valence electrons. The summed E-state index contributed by atoms with van der Waals surface area (Å²) in [6, 6.07) is 0. The monoisotopic (exact) mass is 621 g/mol. The van der Waals surface area contributed by atoms with E-state index in [0.717, 1.165) is 6.54 Å². The van der Waals surface area contributed by atoms with Crippen LogP contribution in [0.4, 0.5) is 0 Å². The summed E-state index contributed by atoms with van der Waals surface area (Å²) in [7, 11) is 0. The van der Waals surface area contributed by atoms with Gasteiger partial charge in [-0.3, -0.25) is 0 Å². The van der Waals surface area contributed by atoms with E-state index in [1.54, 1.807) is 0 Å². The predicted molar refractivity (Wildman–Crippen MR) is 203 cm³/mol. The van der Waals surface area contributed by atoms with E-state index < -0.39 is 0 Å². The molecule has 0 radical (unpaired) electrons. The maximum Gasteiger partial charge on any atom is 0.0216 e. The highest BCUT2D eigenvalue weighted by molar-refractivity contribution is 5.11. The second-order valence-electron chi connectivity index (χ2n) is 15.3. The molecule has 0 aromatic heterocycles. The molecule has 0 aliphatic heterocycles. The molecule has 0 bridgehead atoms. The van der Waals surface area contributed by atoms with Crippen LogP contribution in [0.3, 0.4) is 0 Å². The van der Waals surface area contributed by atoms with Crippen LogP contribution in [0.1, 0.15) is 247 Å². The summed E-state index contributed by atoms with van der Waals surface area (Å²) in [5, 5.41) is 0. The van der Waals surface area contributed by atoms with Crippen LogP contribution in [0.15, 0.2) is 0 Å². The third kappa shape index (κ3) is 16.7. The highest BCUT2D eigenvalue weighted by Crippen LogP contribution is 2.62. The maximum atomic E-state index is 7.69. The van der Waals surface area contributed by atoms with Gasteiger partial charge in [0.1, 0.15) is 0 Å². The number of hydrogen-bond acceptors (Lipinski definition) is 2. The molecule has 0 saturated carbocycles. The fourth-order valence-corrected chi connectivity index (χ4v) is 9.69. The van der Waals surface area contributed by atoms with Crippen LogP contribution >= 0.6 is 0 Å². The highest BCUT2D eigenvalue weighted by atomic mass is 14.8. The van der Waals surface area contributed by atoms with Crippen molar-refractivity contribution < 1.29 is 0 Å². The Balaban J connectivity index is 4.59. The van der Waals surface area contributed by atoms with Crippen molar-refractivity contribution in [2.24, 2.45) is 22.3 Å². The zero-order valence-corrected chi connectivity index (χ0v) is 32.0. The van der Waals surface area contributed by atoms with Crippen LogP contribution in [0.2, 0.25) is 0 Å². The van der Waals surface area contributed by atoms with Gasteiger partial charge in [-0.15, -0.1) is 0 Å². The topological polar surface area (TPSA) is 52.0 Å². The smallest absolute Gasteiger partial charge is 0.0216 e. The second-order valence-corrected chi connectivity index (χ2v) is 15.3. The van der Waals surface area contributed by atoms with Crippen molar-refractivity contribution in [1.82, 2.24) is 0 Å². The molecule has 44 heavy (non-hydrogen) atoms. The lowest BCUT2D eigenvalue weighted by Crippen LogP contribution is -2.63. The molecule has 0 amide bonds. The van der Waals surface area contributed by atoms with Gasteiger partial charge in [-0.2, -0.15) is 0 Å². The van der Waals surface area contributed by atoms with Crippen molar-refractivity contribution in [1.29, 1.82) is 0 Å². The SMILES string of the molecule is CCCC(N)(CCC)C(CCC)(CCC)C(CCC)(CCC)CCCCCCCCCCCCCCCCCCCCCN. The Morgan fingerprint density at radius 2 is 0.591 bits per heavy atom. The summed E-state index contributed by atoms with van der Waals surface area (Å²) in [5.74, 6) is 0. The highest BCUT2D eigenvalue weighted by Gasteiger charge is 2.57. The van der Waals surface area contributed by atoms with Crippen LogP contribution < -0.4 is 11.5 Å². The molecule has 2 nitrogen and oxygen atoms in total. The van der Waals surface area contributed by atoms with Gasteiger partial charge in [0.2, 0.25) is 0 Å². The van der Waals surface area contributed by atoms with E-state index in [2.05, 4.69) is 41.5 Å². The van der Waals surface area contributed by atoms with Crippen molar-refractivity contribution >= 4 is 0 Å². The normalized spacial score (nSPS) is 12.8. The van der Waals surface area contributed by atoms with Gasteiger partial charge in [0.05, 0.1) is 0 Å². The summed E-state index contributed by atoms with van der Waals surface area (Å²) in [4.78, 5) is 0. The molecule has 0 rings (SSSR count). The lowest BCUT2D eigenvalue weighted by atomic mass is 9.45. The number of unbranched alkanes of at least 4 members (excludes halogenated alkanes) is 18. The van der Waals surface area contributed by atoms with E-state index in [9.17, 15) is 0 Å². The molecule has 0 aromatic rings. The van der Waals surface area contributed by atoms with Crippen LogP contribution in [0.5, 0.6) is 0 Å². The minimum atomic E-state index is -0.0167. The molecule has 0 atom stereocenters. The molecule has 0 fully saturated rings. The van der Waals surface area contributed by atoms with E-state index in [1.807, 2.05) is 0 Å². The first-order valence-electron chi connectivity index (χ1n) is 20.9. The summed E-state index contributed by atoms with van der Waals surface area (Å²) < 4.78 is 0. The molecular weight excluding hydrogens is 532 g/mol. The summed E-state index contributed by atoms with van der Waals surface area (Å²) in [5.41, 5.74) is 13.9. The Kier molecular flexibility index (Phi) is 29.0. The van der Waals surface area contributed by atoms with Crippen LogP contribution in [0.25, 0.3) is 0 Å². The van der Waals surface area contributed by atoms with Crippen molar-refractivity contribution in [2.75, 3.05) is 6.54 Å². The molecule has 0 aliphatic rings. The van der Waals surface area contributed by atoms with Gasteiger partial charge in [-0.1, -0.05) is 196 Å². The Bertz CT molecular complexity index is 566. The van der Waals surface area contributed by atoms with Gasteiger partial charge in [-0.05, 0) is 68.7 Å². The lowest BCUT2D eigenvalue weighted by Gasteiger charge is -2.61. The zero-order valence-electron chi connectivity index (χ0n) is 32.0. The number of nitrogens with two attached hydrogens (primary N) is 2. The molecule has 0 unspecified atom stereocenters. The van der Waals surface area contributed by atoms with Gasteiger partial charge >= 0.3 is 0 Å². The molecule has 2 heteroatoms. The molecule has 0 aliphatic carbocycles. The first kappa shape index (κ1) is 43.9. The lowest BCUT2D eigenvalue weighted by molar-refractivity contribution is -0.0861. The Labute approximate surface area is 280 Å². The first-order valence-corrected chi connectivity index (χ1v) is 20.9. The largest absolute Gasteiger partial charge is 0.330 e. The number of rotatable bonds is 35. The third-order valence-corrected chi connectivity index (χ3v) is 11.5. The van der Waals surface area contributed by atoms with E-state index >= 15 is 0 Å². The average molecular weight is 621 g/mol. The van der Waals surface area contributed by atoms with Crippen molar-refractivity contribution in [3.63, 3.8) is 0 Å². The second kappa shape index (κ2) is 29.1. The van der Waals surface area contributed by atoms with E-state index in [-0.39, 0.29) is 11.0 Å². The van der Waals surface area contributed by atoms with Crippen LogP contribution in [-0.2, 0) is 0 Å². The standard InChI is InChI=1S/C42H88N2/c1-7-32-40(33-8-2,41(34-9-3,35-10-4)42(44,36-11-5)37-12-6)38-30-28-26-24-22-20-18-16-14-13-15-17-19-21-23-25-27-29-31-39-43/h7-39,43-44H2,1-6H3. The maximum absolute atomic E-state index is 7.69. The molecule has 4 N–H and O–H groups in total. The quantitative estimate of drug-likeness (QED) is 0.0692. The van der Waals surface area contributed by atoms with Gasteiger partial charge in [0.15, 0.2) is 0 Å². The van der Waals surface area contributed by atoms with E-state index in [0.29, 0.717) is 5.41 Å². The summed E-state index contributed by atoms with van der Waals surface area (Å²) in [6.45, 7) is 15.4. The minimum Gasteiger partial charge on any atom is -0.330 e. The van der Waals surface area contributed by atoms with Crippen molar-refractivity contribution in [3.05, 3.63) is 0 Å². The molecule has 0 spiro atoms. The van der Waals surface area contributed by atoms with Gasteiger partial charge < -0.3 is 11.5 Å². The van der Waals surface area contributed by atoms with Crippen molar-refractivity contribution in [3.8, 4) is 0 Å². The van der Waals surface area contributed by atoms with Crippen LogP contribution in [0, 0.1) is 10.8 Å². The summed E-state index contributed by atoms with van der Waals surface area (Å²) >= 11 is 0. The average Bonchev–Trinajstić information content (AvgIpc) is 3.00. The van der Waals surface area contributed by atoms with Crippen LogP contribution in [-0.4, -0.2) is 12.1 Å². The fourth-order valence-electron chi connectivity index (χ4n) is 9.69. The zero-order chi connectivity index (χ0) is 32.8. The van der Waals surface area contributed by atoms with Gasteiger partial charge in [0.25, 0.3) is 0 Å². The minimum absolute atomic E-state index is 0.0167. The van der Waals surface area contributed by atoms with E-state index in [4.69, 9.17) is 11.5 Å². The Morgan fingerprint density at radius 1 is 0.318 bits per heavy atom. The van der Waals surface area contributed by atoms with Gasteiger partial charge in [0, 0.05) is 5.54 Å². The fraction of sp³-hybridized carbons (Fsp3) is 1.00. The third-order valence-electron chi connectivity index (χ3n) is 11.5. The Morgan fingerprint density at radius 3 is 0.864 bits per heavy atom. The first-order chi connectivity index (χ1) is 21.4. The van der Waals surface area contributed by atoms with Gasteiger partial charge in [-0.25, -0.2) is 0 Å². The molecular formula is C42H88N2. The predicted octanol–water partition coefficient (Wildman–Crippen LogP) is 14.2. The molecule has 0 saturated heterocycles. The summed E-state index contributed by atoms with van der Waals surface area (Å²) in [6.07, 6.45) is 43.9. The number of hydrogen-bond donors (Lipinski definition) is 2. The Hall–Kier alpha value is -0.0800. The van der Waals surface area contributed by atoms with E-state index in [1.165, 1.54) is 205 Å². The van der Waals surface area contributed by atoms with Crippen molar-refractivity contribution in [2.45, 2.75) is 253 Å².